The highest BCUT2D eigenvalue weighted by atomic mass is 16.3. The fraction of sp³-hybridized carbons (Fsp3) is 0.0526. The lowest BCUT2D eigenvalue weighted by atomic mass is 10.0. The van der Waals surface area contributed by atoms with Gasteiger partial charge in [0.2, 0.25) is 0 Å². The highest BCUT2D eigenvalue weighted by Gasteiger charge is 2.22. The summed E-state index contributed by atoms with van der Waals surface area (Å²) in [6.45, 7) is 1.93. The first-order valence-electron chi connectivity index (χ1n) is 13.9. The van der Waals surface area contributed by atoms with Crippen molar-refractivity contribution in [2.24, 2.45) is 9.98 Å². The third kappa shape index (κ3) is 5.56. The van der Waals surface area contributed by atoms with Crippen LogP contribution >= 0.6 is 0 Å². The topological polar surface area (TPSA) is 65.2 Å². The van der Waals surface area contributed by atoms with E-state index in [1.807, 2.05) is 116 Å². The van der Waals surface area contributed by atoms with E-state index >= 15 is 0 Å². The zero-order chi connectivity index (χ0) is 28.9. The van der Waals surface area contributed by atoms with E-state index in [2.05, 4.69) is 28.2 Å². The summed E-state index contributed by atoms with van der Waals surface area (Å²) in [5, 5.41) is 23.1. The lowest BCUT2D eigenvalue weighted by molar-refractivity contribution is 0.471. The minimum absolute atomic E-state index is 0.295. The van der Waals surface area contributed by atoms with Gasteiger partial charge in [-0.05, 0) is 82.8 Å². The molecule has 4 nitrogen and oxygen atoms in total. The van der Waals surface area contributed by atoms with Gasteiger partial charge in [-0.3, -0.25) is 9.98 Å². The van der Waals surface area contributed by atoms with Crippen molar-refractivity contribution in [1.82, 2.24) is 0 Å². The number of aromatic hydroxyl groups is 2. The molecule has 0 bridgehead atoms. The second-order valence-corrected chi connectivity index (χ2v) is 10.2. The molecular formula is C38H30N2O2. The summed E-state index contributed by atoms with van der Waals surface area (Å²) in [6, 6.07) is 41.7. The maximum absolute atomic E-state index is 10.6. The molecule has 0 fully saturated rings. The van der Waals surface area contributed by atoms with Gasteiger partial charge in [0, 0.05) is 29.1 Å². The number of nitrogens with zero attached hydrogens (tertiary/aromatic N) is 2. The Bertz CT molecular complexity index is 1930. The van der Waals surface area contributed by atoms with Crippen LogP contribution in [0.3, 0.4) is 0 Å². The summed E-state index contributed by atoms with van der Waals surface area (Å²) < 4.78 is 0. The first kappa shape index (κ1) is 26.7. The molecule has 0 atom stereocenters. The maximum atomic E-state index is 10.6. The number of para-hydroxylation sites is 2. The van der Waals surface area contributed by atoms with Gasteiger partial charge in [0.15, 0.2) is 0 Å². The van der Waals surface area contributed by atoms with Crippen LogP contribution < -0.4 is 0 Å². The van der Waals surface area contributed by atoms with E-state index in [1.165, 1.54) is 11.1 Å². The lowest BCUT2D eigenvalue weighted by Crippen LogP contribution is -1.88. The average molecular weight is 547 g/mol. The Morgan fingerprint density at radius 1 is 0.571 bits per heavy atom. The third-order valence-electron chi connectivity index (χ3n) is 7.49. The van der Waals surface area contributed by atoms with Gasteiger partial charge in [-0.1, -0.05) is 91.0 Å². The highest BCUT2D eigenvalue weighted by molar-refractivity contribution is 5.97. The Labute approximate surface area is 245 Å². The van der Waals surface area contributed by atoms with E-state index in [0.29, 0.717) is 11.5 Å². The number of phenols is 2. The summed E-state index contributed by atoms with van der Waals surface area (Å²) in [4.78, 5) is 8.83. The molecule has 1 aliphatic carbocycles. The van der Waals surface area contributed by atoms with Crippen LogP contribution in [-0.2, 0) is 6.42 Å². The molecule has 7 rings (SSSR count). The summed E-state index contributed by atoms with van der Waals surface area (Å²) in [5.74, 6) is 0.616. The fourth-order valence-corrected chi connectivity index (χ4v) is 5.28. The predicted molar refractivity (Wildman–Crippen MR) is 174 cm³/mol. The van der Waals surface area contributed by atoms with Gasteiger partial charge >= 0.3 is 0 Å². The van der Waals surface area contributed by atoms with E-state index in [4.69, 9.17) is 0 Å². The van der Waals surface area contributed by atoms with Crippen molar-refractivity contribution in [2.45, 2.75) is 13.3 Å². The molecule has 42 heavy (non-hydrogen) atoms. The normalized spacial score (nSPS) is 11.8. The van der Waals surface area contributed by atoms with Crippen molar-refractivity contribution < 1.29 is 10.2 Å². The molecule has 0 amide bonds. The first-order valence-corrected chi connectivity index (χ1v) is 13.9. The number of aryl methyl sites for hydroxylation is 1. The Kier molecular flexibility index (Phi) is 7.60. The van der Waals surface area contributed by atoms with Crippen molar-refractivity contribution in [3.8, 4) is 22.6 Å². The molecule has 0 aliphatic heterocycles. The Hall–Kier alpha value is -5.48. The van der Waals surface area contributed by atoms with Gasteiger partial charge in [0.05, 0.1) is 11.4 Å². The number of hydrogen-bond donors (Lipinski definition) is 2. The quantitative estimate of drug-likeness (QED) is 0.216. The number of rotatable bonds is 4. The van der Waals surface area contributed by atoms with Crippen LogP contribution in [0.2, 0.25) is 0 Å². The molecule has 0 saturated carbocycles. The fourth-order valence-electron chi connectivity index (χ4n) is 5.28. The van der Waals surface area contributed by atoms with Crippen molar-refractivity contribution >= 4 is 34.6 Å². The zero-order valence-corrected chi connectivity index (χ0v) is 23.3. The molecule has 2 N–H and O–H groups in total. The van der Waals surface area contributed by atoms with E-state index in [1.54, 1.807) is 12.4 Å². The van der Waals surface area contributed by atoms with Crippen LogP contribution in [0.4, 0.5) is 11.4 Å². The SMILES string of the molecule is Cc1c(O)c(C=Nc2ccccc2)cc2ccccc12.Oc1c(C=Nc2ccccc2)ccc2c1-c1ccccc1C2. The van der Waals surface area contributed by atoms with Gasteiger partial charge in [-0.15, -0.1) is 0 Å². The lowest BCUT2D eigenvalue weighted by Gasteiger charge is -2.07. The number of fused-ring (bicyclic) bond motifs is 4. The summed E-state index contributed by atoms with van der Waals surface area (Å²) in [7, 11) is 0. The first-order chi connectivity index (χ1) is 20.6. The second-order valence-electron chi connectivity index (χ2n) is 10.2. The van der Waals surface area contributed by atoms with Gasteiger partial charge < -0.3 is 10.2 Å². The summed E-state index contributed by atoms with van der Waals surface area (Å²) >= 11 is 0. The van der Waals surface area contributed by atoms with Crippen LogP contribution in [0, 0.1) is 6.92 Å². The van der Waals surface area contributed by atoms with Gasteiger partial charge in [0.25, 0.3) is 0 Å². The third-order valence-corrected chi connectivity index (χ3v) is 7.49. The van der Waals surface area contributed by atoms with Gasteiger partial charge in [-0.2, -0.15) is 0 Å². The zero-order valence-electron chi connectivity index (χ0n) is 23.3. The highest BCUT2D eigenvalue weighted by Crippen LogP contribution is 2.43. The number of hydrogen-bond acceptors (Lipinski definition) is 4. The van der Waals surface area contributed by atoms with Crippen LogP contribution in [0.25, 0.3) is 21.9 Å². The molecule has 0 radical (unpaired) electrons. The van der Waals surface area contributed by atoms with E-state index in [0.717, 1.165) is 56.4 Å². The Morgan fingerprint density at radius 3 is 1.88 bits per heavy atom. The second kappa shape index (κ2) is 11.9. The molecule has 0 unspecified atom stereocenters. The van der Waals surface area contributed by atoms with E-state index in [9.17, 15) is 10.2 Å². The molecule has 0 saturated heterocycles. The summed E-state index contributed by atoms with van der Waals surface area (Å²) in [6.07, 6.45) is 4.32. The summed E-state index contributed by atoms with van der Waals surface area (Å²) in [5.41, 5.74) is 8.65. The minimum Gasteiger partial charge on any atom is -0.507 e. The molecule has 6 aromatic carbocycles. The molecule has 4 heteroatoms. The molecule has 0 heterocycles. The van der Waals surface area contributed by atoms with E-state index in [-0.39, 0.29) is 0 Å². The predicted octanol–water partition coefficient (Wildman–Crippen LogP) is 9.32. The molecule has 204 valence electrons. The monoisotopic (exact) mass is 546 g/mol. The van der Waals surface area contributed by atoms with Crippen molar-refractivity contribution in [3.05, 3.63) is 155 Å². The van der Waals surface area contributed by atoms with Crippen LogP contribution in [-0.4, -0.2) is 22.6 Å². The number of phenolic OH excluding ortho intramolecular Hbond substituents is 2. The Morgan fingerprint density at radius 2 is 1.17 bits per heavy atom. The van der Waals surface area contributed by atoms with Crippen LogP contribution in [0.15, 0.2) is 137 Å². The number of aliphatic imine (C=N–C) groups is 2. The van der Waals surface area contributed by atoms with Gasteiger partial charge in [-0.25, -0.2) is 0 Å². The largest absolute Gasteiger partial charge is 0.507 e. The maximum Gasteiger partial charge on any atom is 0.132 e. The molecule has 0 spiro atoms. The van der Waals surface area contributed by atoms with Crippen molar-refractivity contribution in [1.29, 1.82) is 0 Å². The van der Waals surface area contributed by atoms with Gasteiger partial charge in [0.1, 0.15) is 11.5 Å². The minimum atomic E-state index is 0.295. The molecular weight excluding hydrogens is 516 g/mol. The van der Waals surface area contributed by atoms with Crippen LogP contribution in [0.1, 0.15) is 27.8 Å². The number of benzene rings is 6. The molecule has 0 aromatic heterocycles. The molecule has 1 aliphatic rings. The molecule has 6 aromatic rings. The van der Waals surface area contributed by atoms with Crippen molar-refractivity contribution in [2.75, 3.05) is 0 Å². The van der Waals surface area contributed by atoms with Crippen molar-refractivity contribution in [3.63, 3.8) is 0 Å². The smallest absolute Gasteiger partial charge is 0.132 e. The van der Waals surface area contributed by atoms with E-state index < -0.39 is 0 Å². The Balaban J connectivity index is 0.000000151. The standard InChI is InChI=1S/C20H15NO.C18H15NO/c22-20-16(13-21-17-7-2-1-3-8-17)11-10-15-12-14-6-4-5-9-18(14)19(15)20;1-13-17-10-6-5-7-14(17)11-15(18(13)20)12-19-16-8-3-2-4-9-16/h1-11,13,22H,12H2;2-12,20H,1H3. The average Bonchev–Trinajstić information content (AvgIpc) is 3.43. The van der Waals surface area contributed by atoms with Crippen LogP contribution in [0.5, 0.6) is 11.5 Å².